The normalized spacial score (nSPS) is 37.5. The van der Waals surface area contributed by atoms with Gasteiger partial charge in [-0.05, 0) is 12.8 Å². The zero-order valence-corrected chi connectivity index (χ0v) is 7.01. The summed E-state index contributed by atoms with van der Waals surface area (Å²) in [5.74, 6) is -0.149. The molecule has 0 saturated carbocycles. The molecule has 0 aliphatic carbocycles. The average Bonchev–Trinajstić information content (AvgIpc) is 2.11. The van der Waals surface area contributed by atoms with Gasteiger partial charge >= 0.3 is 0 Å². The number of fused-ring (bicyclic) bond motifs is 3. The SMILES string of the molecule is O=C1C2CCN(CC2)C1O[N+](=O)[O-]. The molecule has 3 aliphatic rings. The van der Waals surface area contributed by atoms with E-state index in [9.17, 15) is 14.9 Å². The number of carbonyl (C=O) groups excluding carboxylic acids is 1. The van der Waals surface area contributed by atoms with Gasteiger partial charge in [-0.15, -0.1) is 10.1 Å². The van der Waals surface area contributed by atoms with Crippen LogP contribution in [0.1, 0.15) is 12.8 Å². The summed E-state index contributed by atoms with van der Waals surface area (Å²) in [6.07, 6.45) is 0.704. The molecule has 3 rings (SSSR count). The van der Waals surface area contributed by atoms with Crippen molar-refractivity contribution in [2.24, 2.45) is 5.92 Å². The van der Waals surface area contributed by atoms with Crippen molar-refractivity contribution in [3.8, 4) is 0 Å². The average molecular weight is 186 g/mol. The van der Waals surface area contributed by atoms with Crippen molar-refractivity contribution in [3.63, 3.8) is 0 Å². The summed E-state index contributed by atoms with van der Waals surface area (Å²) in [5.41, 5.74) is 0. The maximum atomic E-state index is 11.5. The highest BCUT2D eigenvalue weighted by molar-refractivity contribution is 5.86. The van der Waals surface area contributed by atoms with Crippen LogP contribution in [0.2, 0.25) is 0 Å². The van der Waals surface area contributed by atoms with Crippen molar-refractivity contribution in [1.29, 1.82) is 0 Å². The lowest BCUT2D eigenvalue weighted by atomic mass is 9.86. The quantitative estimate of drug-likeness (QED) is 0.441. The Hall–Kier alpha value is -1.17. The van der Waals surface area contributed by atoms with Crippen LogP contribution in [-0.2, 0) is 9.63 Å². The summed E-state index contributed by atoms with van der Waals surface area (Å²) in [7, 11) is 0. The highest BCUT2D eigenvalue weighted by atomic mass is 17.0. The lowest BCUT2D eigenvalue weighted by Gasteiger charge is -2.42. The van der Waals surface area contributed by atoms with Crippen molar-refractivity contribution in [2.75, 3.05) is 13.1 Å². The molecule has 1 atom stereocenters. The van der Waals surface area contributed by atoms with E-state index in [-0.39, 0.29) is 11.7 Å². The number of nitrogens with zero attached hydrogens (tertiary/aromatic N) is 2. The Kier molecular flexibility index (Phi) is 1.91. The monoisotopic (exact) mass is 186 g/mol. The molecule has 0 N–H and O–H groups in total. The van der Waals surface area contributed by atoms with Crippen molar-refractivity contribution in [1.82, 2.24) is 4.90 Å². The van der Waals surface area contributed by atoms with Crippen LogP contribution in [0.4, 0.5) is 0 Å². The first kappa shape index (κ1) is 8.43. The molecule has 0 radical (unpaired) electrons. The standard InChI is InChI=1S/C7H10N2O4/c10-6-5-1-3-8(4-2-5)7(6)13-9(11)12/h5,7H,1-4H2. The first-order chi connectivity index (χ1) is 6.18. The molecule has 0 spiro atoms. The van der Waals surface area contributed by atoms with Crippen LogP contribution in [0.5, 0.6) is 0 Å². The van der Waals surface area contributed by atoms with Gasteiger partial charge in [0.15, 0.2) is 5.78 Å². The first-order valence-corrected chi connectivity index (χ1v) is 4.27. The second-order valence-electron chi connectivity index (χ2n) is 3.39. The fraction of sp³-hybridized carbons (Fsp3) is 0.857. The molecule has 0 aromatic carbocycles. The predicted molar refractivity (Wildman–Crippen MR) is 41.2 cm³/mol. The summed E-state index contributed by atoms with van der Waals surface area (Å²) in [6.45, 7) is 1.46. The molecule has 6 heteroatoms. The number of hydrogen-bond acceptors (Lipinski definition) is 5. The Bertz CT molecular complexity index is 247. The third kappa shape index (κ3) is 1.37. The lowest BCUT2D eigenvalue weighted by molar-refractivity contribution is -0.770. The summed E-state index contributed by atoms with van der Waals surface area (Å²) in [5, 5.41) is 9.21. The number of hydrogen-bond donors (Lipinski definition) is 0. The molecule has 0 aromatic rings. The van der Waals surface area contributed by atoms with Crippen LogP contribution in [-0.4, -0.2) is 35.1 Å². The Morgan fingerprint density at radius 1 is 1.46 bits per heavy atom. The number of piperidine rings is 3. The Balaban J connectivity index is 2.09. The van der Waals surface area contributed by atoms with E-state index in [0.29, 0.717) is 0 Å². The molecule has 3 saturated heterocycles. The zero-order valence-electron chi connectivity index (χ0n) is 7.01. The predicted octanol–water partition coefficient (Wildman–Crippen LogP) is -0.184. The maximum absolute atomic E-state index is 11.5. The van der Waals surface area contributed by atoms with E-state index in [1.54, 1.807) is 4.90 Å². The van der Waals surface area contributed by atoms with E-state index in [1.807, 2.05) is 0 Å². The van der Waals surface area contributed by atoms with Gasteiger partial charge in [-0.2, -0.15) is 0 Å². The number of rotatable bonds is 2. The minimum Gasteiger partial charge on any atom is -0.295 e. The minimum absolute atomic E-state index is 0.0186. The highest BCUT2D eigenvalue weighted by Crippen LogP contribution is 2.29. The molecule has 6 nitrogen and oxygen atoms in total. The summed E-state index contributed by atoms with van der Waals surface area (Å²) < 4.78 is 0. The first-order valence-electron chi connectivity index (χ1n) is 4.27. The Morgan fingerprint density at radius 2 is 2.08 bits per heavy atom. The van der Waals surface area contributed by atoms with Crippen LogP contribution < -0.4 is 0 Å². The van der Waals surface area contributed by atoms with Gasteiger partial charge in [0.25, 0.3) is 5.09 Å². The lowest BCUT2D eigenvalue weighted by Crippen LogP contribution is -2.57. The molecule has 3 fully saturated rings. The van der Waals surface area contributed by atoms with Gasteiger partial charge in [-0.3, -0.25) is 14.5 Å². The fourth-order valence-corrected chi connectivity index (χ4v) is 2.00. The third-order valence-electron chi connectivity index (χ3n) is 2.69. The Labute approximate surface area is 74.6 Å². The molecule has 1 unspecified atom stereocenters. The molecular formula is C7H10N2O4. The van der Waals surface area contributed by atoms with Gasteiger partial charge in [0.2, 0.25) is 6.23 Å². The van der Waals surface area contributed by atoms with E-state index in [0.717, 1.165) is 25.9 Å². The van der Waals surface area contributed by atoms with Gasteiger partial charge in [-0.1, -0.05) is 0 Å². The van der Waals surface area contributed by atoms with E-state index >= 15 is 0 Å². The van der Waals surface area contributed by atoms with E-state index in [1.165, 1.54) is 0 Å². The number of carbonyl (C=O) groups is 1. The fourth-order valence-electron chi connectivity index (χ4n) is 2.00. The minimum atomic E-state index is -0.928. The maximum Gasteiger partial charge on any atom is 0.296 e. The van der Waals surface area contributed by atoms with Crippen LogP contribution in [0.15, 0.2) is 0 Å². The second kappa shape index (κ2) is 2.95. The molecule has 2 bridgehead atoms. The zero-order chi connectivity index (χ0) is 9.42. The van der Waals surface area contributed by atoms with Gasteiger partial charge < -0.3 is 0 Å². The summed E-state index contributed by atoms with van der Waals surface area (Å²) >= 11 is 0. The summed E-state index contributed by atoms with van der Waals surface area (Å²) in [6, 6.07) is 0. The van der Waals surface area contributed by atoms with Crippen LogP contribution in [0.25, 0.3) is 0 Å². The smallest absolute Gasteiger partial charge is 0.295 e. The van der Waals surface area contributed by atoms with Crippen LogP contribution in [0, 0.1) is 16.0 Å². The van der Waals surface area contributed by atoms with Crippen LogP contribution in [0.3, 0.4) is 0 Å². The molecule has 3 heterocycles. The van der Waals surface area contributed by atoms with Crippen LogP contribution >= 0.6 is 0 Å². The van der Waals surface area contributed by atoms with Gasteiger partial charge in [0.05, 0.1) is 0 Å². The van der Waals surface area contributed by atoms with Crippen molar-refractivity contribution in [3.05, 3.63) is 10.1 Å². The number of ketones is 1. The molecular weight excluding hydrogens is 176 g/mol. The van der Waals surface area contributed by atoms with Gasteiger partial charge in [-0.25, -0.2) is 0 Å². The van der Waals surface area contributed by atoms with E-state index < -0.39 is 11.3 Å². The van der Waals surface area contributed by atoms with Crippen molar-refractivity contribution >= 4 is 5.78 Å². The van der Waals surface area contributed by atoms with Gasteiger partial charge in [0.1, 0.15) is 0 Å². The Morgan fingerprint density at radius 3 is 2.54 bits per heavy atom. The molecule has 72 valence electrons. The largest absolute Gasteiger partial charge is 0.296 e. The van der Waals surface area contributed by atoms with E-state index in [2.05, 4.69) is 4.84 Å². The van der Waals surface area contributed by atoms with Gasteiger partial charge in [0, 0.05) is 19.0 Å². The molecule has 0 amide bonds. The summed E-state index contributed by atoms with van der Waals surface area (Å²) in [4.78, 5) is 27.6. The number of Topliss-reactive ketones (excluding diaryl/α,β-unsaturated/α-hetero) is 1. The third-order valence-corrected chi connectivity index (χ3v) is 2.69. The molecule has 13 heavy (non-hydrogen) atoms. The topological polar surface area (TPSA) is 72.7 Å². The second-order valence-corrected chi connectivity index (χ2v) is 3.39. The van der Waals surface area contributed by atoms with E-state index in [4.69, 9.17) is 0 Å². The molecule has 3 aliphatic heterocycles. The van der Waals surface area contributed by atoms with Crippen molar-refractivity contribution < 1.29 is 14.7 Å². The van der Waals surface area contributed by atoms with Crippen molar-refractivity contribution in [2.45, 2.75) is 19.1 Å². The molecule has 0 aromatic heterocycles. The highest BCUT2D eigenvalue weighted by Gasteiger charge is 2.43.